The van der Waals surface area contributed by atoms with Gasteiger partial charge in [-0.2, -0.15) is 0 Å². The molecule has 0 aliphatic heterocycles. The summed E-state index contributed by atoms with van der Waals surface area (Å²) in [7, 11) is -9.62. The fourth-order valence-corrected chi connectivity index (χ4v) is 18.6. The fraction of sp³-hybridized carbons (Fsp3) is 0.829. The zero-order valence-electron chi connectivity index (χ0n) is 33.9. The van der Waals surface area contributed by atoms with Crippen LogP contribution in [0.4, 0.5) is 0 Å². The van der Waals surface area contributed by atoms with E-state index >= 15 is 0 Å². The van der Waals surface area contributed by atoms with Crippen LogP contribution in [0.15, 0.2) is 34.1 Å². The van der Waals surface area contributed by atoms with Crippen molar-refractivity contribution in [3.8, 4) is 0 Å². The van der Waals surface area contributed by atoms with E-state index in [9.17, 15) is 4.57 Å². The van der Waals surface area contributed by atoms with E-state index in [-0.39, 0.29) is 23.5 Å². The van der Waals surface area contributed by atoms with Crippen LogP contribution in [0.1, 0.15) is 46.0 Å². The molecule has 0 heterocycles. The molecule has 0 aromatic rings. The van der Waals surface area contributed by atoms with Crippen LogP contribution in [0, 0.1) is 28.6 Å². The van der Waals surface area contributed by atoms with Crippen LogP contribution in [0.25, 0.3) is 0 Å². The van der Waals surface area contributed by atoms with Gasteiger partial charge in [-0.3, -0.25) is 4.52 Å². The van der Waals surface area contributed by atoms with Crippen molar-refractivity contribution < 1.29 is 36.0 Å². The SMILES string of the molecule is CO/N=C1/C=C[C@@]2(C)C(=C1)CC[C@@H]1[C@@H]2C(O[Si](C)(C)C)C[C@@]2(C)[C@H]1CC[C@]2(O[Si](C)(C)C)/C(COP(=O)(O[Si](C)(C)C)O[Si](C)(C)C)=N\OC. The van der Waals surface area contributed by atoms with Gasteiger partial charge in [0.05, 0.1) is 0 Å². The molecule has 0 aromatic heterocycles. The number of fused-ring (bicyclic) bond motifs is 5. The van der Waals surface area contributed by atoms with Gasteiger partial charge >= 0.3 is 7.82 Å². The van der Waals surface area contributed by atoms with Crippen molar-refractivity contribution >= 4 is 52.5 Å². The Bertz CT molecular complexity index is 1410. The van der Waals surface area contributed by atoms with Gasteiger partial charge in [0.2, 0.25) is 0 Å². The lowest BCUT2D eigenvalue weighted by Gasteiger charge is -2.62. The number of allylic oxidation sites excluding steroid dienone is 4. The Morgan fingerprint density at radius 1 is 0.880 bits per heavy atom. The van der Waals surface area contributed by atoms with Crippen LogP contribution in [-0.4, -0.2) is 77.2 Å². The second kappa shape index (κ2) is 14.5. The molecule has 50 heavy (non-hydrogen) atoms. The highest BCUT2D eigenvalue weighted by Gasteiger charge is 2.69. The van der Waals surface area contributed by atoms with E-state index in [1.165, 1.54) is 5.57 Å². The Morgan fingerprint density at radius 3 is 2.02 bits per heavy atom. The minimum absolute atomic E-state index is 0.00356. The molecule has 286 valence electrons. The van der Waals surface area contributed by atoms with Gasteiger partial charge in [0.25, 0.3) is 0 Å². The molecular weight excluding hydrogens is 720 g/mol. The molecule has 10 nitrogen and oxygen atoms in total. The number of phosphoric acid groups is 1. The smallest absolute Gasteiger partial charge is 0.414 e. The summed E-state index contributed by atoms with van der Waals surface area (Å²) < 4.78 is 47.9. The Balaban J connectivity index is 1.84. The van der Waals surface area contributed by atoms with Crippen molar-refractivity contribution in [2.45, 2.75) is 136 Å². The Morgan fingerprint density at radius 2 is 1.50 bits per heavy atom. The first kappa shape index (κ1) is 42.1. The minimum Gasteiger partial charge on any atom is -0.414 e. The highest BCUT2D eigenvalue weighted by molar-refractivity contribution is 7.52. The molecule has 0 spiro atoms. The standard InChI is InChI=1S/C35H67N2O8PSi4/c1-33-21-19-27(36-39-3)23-26(33)17-18-28-29-20-22-35(43-48(8,9)10,34(29,2)24-30(32(28)33)42-47(5,6)7)31(37-40-4)25-41-46(38,44-49(11,12)13)45-50(14,15)16/h19,21,23,28-30,32H,17-18,20,22,24-25H2,1-16H3/b36-27-,37-31-/t28-,29-,30?,32+,33-,34-,35-/m0/s1. The predicted octanol–water partition coefficient (Wildman–Crippen LogP) is 9.98. The van der Waals surface area contributed by atoms with Crippen molar-refractivity contribution in [3.05, 3.63) is 23.8 Å². The third kappa shape index (κ3) is 9.15. The maximum absolute atomic E-state index is 14.4. The summed E-state index contributed by atoms with van der Waals surface area (Å²) in [5, 5.41) is 8.97. The first-order valence-electron chi connectivity index (χ1n) is 18.4. The lowest BCUT2D eigenvalue weighted by molar-refractivity contribution is -0.133. The lowest BCUT2D eigenvalue weighted by Crippen LogP contribution is -2.65. The number of hydrogen-bond acceptors (Lipinski definition) is 10. The van der Waals surface area contributed by atoms with Crippen LogP contribution < -0.4 is 0 Å². The summed E-state index contributed by atoms with van der Waals surface area (Å²) >= 11 is 0. The van der Waals surface area contributed by atoms with Crippen molar-refractivity contribution in [3.63, 3.8) is 0 Å². The monoisotopic (exact) mass is 786 g/mol. The molecule has 7 atom stereocenters. The van der Waals surface area contributed by atoms with Gasteiger partial charge in [-0.25, -0.2) is 4.57 Å². The van der Waals surface area contributed by atoms with E-state index in [4.69, 9.17) is 36.6 Å². The van der Waals surface area contributed by atoms with E-state index in [0.717, 1.165) is 37.8 Å². The summed E-state index contributed by atoms with van der Waals surface area (Å²) in [5.74, 6) is 1.04. The topological polar surface area (TPSA) is 106 Å². The van der Waals surface area contributed by atoms with Crippen LogP contribution in [0.3, 0.4) is 0 Å². The average molecular weight is 787 g/mol. The third-order valence-corrected chi connectivity index (χ3v) is 19.2. The van der Waals surface area contributed by atoms with Crippen LogP contribution in [-0.2, 0) is 36.0 Å². The molecule has 4 rings (SSSR count). The summed E-state index contributed by atoms with van der Waals surface area (Å²) in [6.07, 6.45) is 11.3. The first-order chi connectivity index (χ1) is 22.7. The molecule has 0 amide bonds. The molecule has 4 aliphatic rings. The number of oxime groups is 2. The molecule has 15 heteroatoms. The highest BCUT2D eigenvalue weighted by Crippen LogP contribution is 2.69. The molecule has 3 saturated carbocycles. The molecule has 0 radical (unpaired) electrons. The van der Waals surface area contributed by atoms with Crippen LogP contribution in [0.2, 0.25) is 78.6 Å². The van der Waals surface area contributed by atoms with Gasteiger partial charge in [0.1, 0.15) is 37.9 Å². The van der Waals surface area contributed by atoms with Crippen molar-refractivity contribution in [1.82, 2.24) is 0 Å². The Kier molecular flexibility index (Phi) is 12.2. The lowest BCUT2D eigenvalue weighted by atomic mass is 9.46. The zero-order valence-corrected chi connectivity index (χ0v) is 38.8. The van der Waals surface area contributed by atoms with E-state index in [2.05, 4.69) is 76.5 Å². The van der Waals surface area contributed by atoms with Gasteiger partial charge in [-0.1, -0.05) is 35.8 Å². The van der Waals surface area contributed by atoms with Crippen molar-refractivity contribution in [2.75, 3.05) is 20.8 Å². The van der Waals surface area contributed by atoms with E-state index in [0.29, 0.717) is 23.5 Å². The highest BCUT2D eigenvalue weighted by atomic mass is 31.2. The first-order valence-corrected chi connectivity index (χ1v) is 33.5. The molecule has 3 fully saturated rings. The van der Waals surface area contributed by atoms with Crippen molar-refractivity contribution in [2.24, 2.45) is 38.9 Å². The summed E-state index contributed by atoms with van der Waals surface area (Å²) in [5.41, 5.74) is 1.55. The predicted molar refractivity (Wildman–Crippen MR) is 214 cm³/mol. The van der Waals surface area contributed by atoms with Gasteiger partial charge in [-0.15, -0.1) is 0 Å². The van der Waals surface area contributed by atoms with Crippen LogP contribution >= 0.6 is 7.82 Å². The molecular formula is C35H67N2O8PSi4. The Labute approximate surface area is 307 Å². The summed E-state index contributed by atoms with van der Waals surface area (Å²) in [6, 6.07) is 0. The number of nitrogens with zero attached hydrogens (tertiary/aromatic N) is 2. The zero-order chi connectivity index (χ0) is 37.8. The molecule has 1 unspecified atom stereocenters. The molecule has 0 N–H and O–H groups in total. The van der Waals surface area contributed by atoms with E-state index in [1.807, 2.05) is 39.3 Å². The normalized spacial score (nSPS) is 34.6. The number of rotatable bonds is 14. The molecule has 4 aliphatic carbocycles. The largest absolute Gasteiger partial charge is 0.455 e. The third-order valence-electron chi connectivity index (χ3n) is 10.6. The average Bonchev–Trinajstić information content (AvgIpc) is 3.19. The maximum atomic E-state index is 14.4. The molecule has 0 saturated heterocycles. The summed E-state index contributed by atoms with van der Waals surface area (Å²) in [4.78, 5) is 10.8. The van der Waals surface area contributed by atoms with E-state index < -0.39 is 46.7 Å². The van der Waals surface area contributed by atoms with Gasteiger partial charge in [0, 0.05) is 16.9 Å². The van der Waals surface area contributed by atoms with Gasteiger partial charge in [0.15, 0.2) is 33.3 Å². The van der Waals surface area contributed by atoms with Crippen LogP contribution in [0.5, 0.6) is 0 Å². The fourth-order valence-electron chi connectivity index (χ4n) is 9.45. The Hall–Kier alpha value is -0.682. The second-order valence-electron chi connectivity index (χ2n) is 19.1. The number of hydrogen-bond donors (Lipinski definition) is 0. The maximum Gasteiger partial charge on any atom is 0.455 e. The van der Waals surface area contributed by atoms with E-state index in [1.54, 1.807) is 14.2 Å². The molecule has 0 bridgehead atoms. The quantitative estimate of drug-likeness (QED) is 0.0742. The van der Waals surface area contributed by atoms with Gasteiger partial charge in [-0.05, 0) is 141 Å². The van der Waals surface area contributed by atoms with Crippen molar-refractivity contribution in [1.29, 1.82) is 0 Å². The minimum atomic E-state index is -3.93. The summed E-state index contributed by atoms with van der Waals surface area (Å²) in [6.45, 7) is 30.3. The second-order valence-corrected chi connectivity index (χ2v) is 39.1. The molecule has 0 aromatic carbocycles. The van der Waals surface area contributed by atoms with Gasteiger partial charge < -0.3 is 27.0 Å².